The van der Waals surface area contributed by atoms with Gasteiger partial charge in [0.15, 0.2) is 0 Å². The summed E-state index contributed by atoms with van der Waals surface area (Å²) in [5.74, 6) is 1.63. The molecule has 1 amide bonds. The van der Waals surface area contributed by atoms with Crippen molar-refractivity contribution >= 4 is 5.91 Å². The number of nitrogens with zero attached hydrogens (tertiary/aromatic N) is 2. The Morgan fingerprint density at radius 3 is 2.00 bits per heavy atom. The van der Waals surface area contributed by atoms with Gasteiger partial charge in [0.25, 0.3) is 5.91 Å². The number of hydrogen-bond donors (Lipinski definition) is 0. The van der Waals surface area contributed by atoms with Crippen LogP contribution in [0.4, 0.5) is 0 Å². The van der Waals surface area contributed by atoms with Crippen molar-refractivity contribution in [2.45, 2.75) is 26.0 Å². The van der Waals surface area contributed by atoms with Gasteiger partial charge < -0.3 is 19.1 Å². The molecule has 1 aromatic rings. The topological polar surface area (TPSA) is 51.2 Å². The van der Waals surface area contributed by atoms with Gasteiger partial charge in [0, 0.05) is 45.9 Å². The Morgan fingerprint density at radius 2 is 1.54 bits per heavy atom. The van der Waals surface area contributed by atoms with Crippen LogP contribution in [-0.2, 0) is 16.1 Å². The number of carbonyl (C=O) groups excluding carboxylic acids is 1. The maximum absolute atomic E-state index is 12.4. The Bertz CT molecular complexity index is 544. The molecule has 0 aliphatic carbocycles. The highest BCUT2D eigenvalue weighted by Crippen LogP contribution is 2.24. The third-order valence-electron chi connectivity index (χ3n) is 4.50. The second kappa shape index (κ2) is 7.85. The molecule has 0 aromatic heterocycles. The fourth-order valence-electron chi connectivity index (χ4n) is 2.79. The van der Waals surface area contributed by atoms with Gasteiger partial charge in [0.05, 0.1) is 14.2 Å². The van der Waals surface area contributed by atoms with E-state index in [0.717, 1.165) is 36.7 Å². The van der Waals surface area contributed by atoms with Gasteiger partial charge in [-0.3, -0.25) is 9.69 Å². The number of hydrogen-bond acceptors (Lipinski definition) is 5. The Labute approximate surface area is 144 Å². The molecule has 0 unspecified atom stereocenters. The minimum absolute atomic E-state index is 0.0488. The summed E-state index contributed by atoms with van der Waals surface area (Å²) in [7, 11) is 4.88. The molecular formula is C18H28N2O4. The minimum Gasteiger partial charge on any atom is -0.497 e. The lowest BCUT2D eigenvalue weighted by Gasteiger charge is -2.38. The molecule has 0 N–H and O–H groups in total. The van der Waals surface area contributed by atoms with Crippen molar-refractivity contribution in [1.29, 1.82) is 0 Å². The quantitative estimate of drug-likeness (QED) is 0.792. The molecule has 0 bridgehead atoms. The second-order valence-electron chi connectivity index (χ2n) is 6.50. The molecule has 6 nitrogen and oxygen atoms in total. The van der Waals surface area contributed by atoms with Crippen molar-refractivity contribution in [2.24, 2.45) is 0 Å². The zero-order valence-electron chi connectivity index (χ0n) is 15.3. The first-order valence-electron chi connectivity index (χ1n) is 8.18. The van der Waals surface area contributed by atoms with Crippen LogP contribution in [0.1, 0.15) is 19.4 Å². The number of amides is 1. The van der Waals surface area contributed by atoms with Gasteiger partial charge in [0.1, 0.15) is 17.1 Å². The Morgan fingerprint density at radius 1 is 1.00 bits per heavy atom. The normalized spacial score (nSPS) is 16.1. The van der Waals surface area contributed by atoms with Gasteiger partial charge in [-0.1, -0.05) is 0 Å². The standard InChI is InChI=1S/C18H28N2O4/c1-18(2,24-5)17(21)20-8-6-19(7-9-20)13-14-10-15(22-3)12-16(11-14)23-4/h10-12H,6-9,13H2,1-5H3. The van der Waals surface area contributed by atoms with Gasteiger partial charge in [-0.15, -0.1) is 0 Å². The summed E-state index contributed by atoms with van der Waals surface area (Å²) >= 11 is 0. The van der Waals surface area contributed by atoms with Gasteiger partial charge >= 0.3 is 0 Å². The van der Waals surface area contributed by atoms with E-state index in [1.807, 2.05) is 36.9 Å². The summed E-state index contributed by atoms with van der Waals surface area (Å²) in [6.07, 6.45) is 0. The molecule has 1 aliphatic rings. The van der Waals surface area contributed by atoms with E-state index in [1.165, 1.54) is 0 Å². The minimum atomic E-state index is -0.762. The predicted octanol–water partition coefficient (Wildman–Crippen LogP) is 1.77. The zero-order chi connectivity index (χ0) is 17.7. The summed E-state index contributed by atoms with van der Waals surface area (Å²) in [6, 6.07) is 5.91. The summed E-state index contributed by atoms with van der Waals surface area (Å²) in [4.78, 5) is 16.6. The Kier molecular flexibility index (Phi) is 6.07. The SMILES string of the molecule is COc1cc(CN2CCN(C(=O)C(C)(C)OC)CC2)cc(OC)c1. The molecule has 1 heterocycles. The molecular weight excluding hydrogens is 308 g/mol. The van der Waals surface area contributed by atoms with Crippen molar-refractivity contribution in [2.75, 3.05) is 47.5 Å². The fraction of sp³-hybridized carbons (Fsp3) is 0.611. The monoisotopic (exact) mass is 336 g/mol. The van der Waals surface area contributed by atoms with Crippen LogP contribution in [0, 0.1) is 0 Å². The van der Waals surface area contributed by atoms with Crippen molar-refractivity contribution < 1.29 is 19.0 Å². The summed E-state index contributed by atoms with van der Waals surface area (Å²) < 4.78 is 15.9. The van der Waals surface area contributed by atoms with Crippen LogP contribution < -0.4 is 9.47 Å². The van der Waals surface area contributed by atoms with Crippen LogP contribution in [0.2, 0.25) is 0 Å². The van der Waals surface area contributed by atoms with E-state index in [0.29, 0.717) is 13.1 Å². The number of carbonyl (C=O) groups is 1. The van der Waals surface area contributed by atoms with E-state index >= 15 is 0 Å². The zero-order valence-corrected chi connectivity index (χ0v) is 15.3. The molecule has 0 saturated carbocycles. The number of rotatable bonds is 6. The van der Waals surface area contributed by atoms with E-state index < -0.39 is 5.60 Å². The maximum Gasteiger partial charge on any atom is 0.254 e. The van der Waals surface area contributed by atoms with Crippen LogP contribution in [-0.4, -0.2) is 68.8 Å². The summed E-state index contributed by atoms with van der Waals surface area (Å²) in [5.41, 5.74) is 0.380. The van der Waals surface area contributed by atoms with E-state index in [9.17, 15) is 4.79 Å². The average Bonchev–Trinajstić information content (AvgIpc) is 2.61. The molecule has 1 saturated heterocycles. The van der Waals surface area contributed by atoms with Crippen molar-refractivity contribution in [1.82, 2.24) is 9.80 Å². The molecule has 0 atom stereocenters. The summed E-state index contributed by atoms with van der Waals surface area (Å²) in [5, 5.41) is 0. The van der Waals surface area contributed by atoms with E-state index in [-0.39, 0.29) is 5.91 Å². The first-order valence-corrected chi connectivity index (χ1v) is 8.18. The van der Waals surface area contributed by atoms with Gasteiger partial charge in [-0.2, -0.15) is 0 Å². The molecule has 1 fully saturated rings. The molecule has 0 radical (unpaired) electrons. The maximum atomic E-state index is 12.4. The molecule has 0 spiro atoms. The smallest absolute Gasteiger partial charge is 0.254 e. The highest BCUT2D eigenvalue weighted by Gasteiger charge is 2.33. The van der Waals surface area contributed by atoms with Gasteiger partial charge in [-0.25, -0.2) is 0 Å². The molecule has 24 heavy (non-hydrogen) atoms. The molecule has 2 rings (SSSR count). The van der Waals surface area contributed by atoms with Crippen LogP contribution >= 0.6 is 0 Å². The van der Waals surface area contributed by atoms with Crippen LogP contribution in [0.5, 0.6) is 11.5 Å². The van der Waals surface area contributed by atoms with Crippen molar-refractivity contribution in [3.63, 3.8) is 0 Å². The average molecular weight is 336 g/mol. The van der Waals surface area contributed by atoms with Crippen molar-refractivity contribution in [3.8, 4) is 11.5 Å². The highest BCUT2D eigenvalue weighted by molar-refractivity contribution is 5.84. The van der Waals surface area contributed by atoms with E-state index in [2.05, 4.69) is 4.90 Å². The highest BCUT2D eigenvalue weighted by atomic mass is 16.5. The number of methoxy groups -OCH3 is 3. The lowest BCUT2D eigenvalue weighted by molar-refractivity contribution is -0.152. The second-order valence-corrected chi connectivity index (χ2v) is 6.50. The largest absolute Gasteiger partial charge is 0.497 e. The lowest BCUT2D eigenvalue weighted by Crippen LogP contribution is -2.54. The molecule has 1 aliphatic heterocycles. The Hall–Kier alpha value is -1.79. The van der Waals surface area contributed by atoms with Gasteiger partial charge in [0.2, 0.25) is 0 Å². The third kappa shape index (κ3) is 4.39. The predicted molar refractivity (Wildman–Crippen MR) is 92.5 cm³/mol. The molecule has 6 heteroatoms. The number of ether oxygens (including phenoxy) is 3. The lowest BCUT2D eigenvalue weighted by atomic mass is 10.1. The number of benzene rings is 1. The molecule has 134 valence electrons. The fourth-order valence-corrected chi connectivity index (χ4v) is 2.79. The third-order valence-corrected chi connectivity index (χ3v) is 4.50. The van der Waals surface area contributed by atoms with Crippen molar-refractivity contribution in [3.05, 3.63) is 23.8 Å². The molecule has 1 aromatic carbocycles. The summed E-state index contributed by atoms with van der Waals surface area (Å²) in [6.45, 7) is 7.54. The van der Waals surface area contributed by atoms with Crippen LogP contribution in [0.15, 0.2) is 18.2 Å². The first-order chi connectivity index (χ1) is 11.4. The van der Waals surface area contributed by atoms with Crippen LogP contribution in [0.3, 0.4) is 0 Å². The van der Waals surface area contributed by atoms with E-state index in [1.54, 1.807) is 21.3 Å². The number of piperazine rings is 1. The van der Waals surface area contributed by atoms with E-state index in [4.69, 9.17) is 14.2 Å². The van der Waals surface area contributed by atoms with Crippen LogP contribution in [0.25, 0.3) is 0 Å². The first kappa shape index (κ1) is 18.5. The Balaban J connectivity index is 1.95. The van der Waals surface area contributed by atoms with Gasteiger partial charge in [-0.05, 0) is 31.5 Å².